The molecule has 152 valence electrons. The molecule has 0 bridgehead atoms. The number of ether oxygens (including phenoxy) is 1. The lowest BCUT2D eigenvalue weighted by molar-refractivity contribution is 0.0279. The Balaban J connectivity index is 2.48. The van der Waals surface area contributed by atoms with Crippen molar-refractivity contribution in [1.82, 2.24) is 15.5 Å². The third kappa shape index (κ3) is 9.27. The van der Waals surface area contributed by atoms with Gasteiger partial charge in [-0.25, -0.2) is 4.79 Å². The number of hydrogen-bond donors (Lipinski definition) is 3. The number of nitrogens with zero attached hydrogens (tertiary/aromatic N) is 2. The van der Waals surface area contributed by atoms with Crippen molar-refractivity contribution in [3.63, 3.8) is 0 Å². The Kier molecular flexibility index (Phi) is 9.19. The smallest absolute Gasteiger partial charge is 0.410 e. The zero-order valence-electron chi connectivity index (χ0n) is 17.3. The molecule has 1 unspecified atom stereocenters. The van der Waals surface area contributed by atoms with Gasteiger partial charge in [0.25, 0.3) is 0 Å². The van der Waals surface area contributed by atoms with E-state index in [2.05, 4.69) is 22.5 Å². The molecule has 1 saturated carbocycles. The average molecular weight is 371 g/mol. The third-order valence-electron chi connectivity index (χ3n) is 4.23. The van der Waals surface area contributed by atoms with Gasteiger partial charge >= 0.3 is 6.09 Å². The molecule has 1 aliphatic rings. The van der Waals surface area contributed by atoms with Gasteiger partial charge in [0.05, 0.1) is 6.10 Å². The maximum atomic E-state index is 12.0. The van der Waals surface area contributed by atoms with Crippen molar-refractivity contribution in [2.24, 2.45) is 10.9 Å². The number of amides is 1. The van der Waals surface area contributed by atoms with Gasteiger partial charge in [-0.1, -0.05) is 6.92 Å². The summed E-state index contributed by atoms with van der Waals surface area (Å²) < 4.78 is 5.38. The number of carbonyl (C=O) groups excluding carboxylic acids is 1. The van der Waals surface area contributed by atoms with E-state index in [0.717, 1.165) is 38.2 Å². The van der Waals surface area contributed by atoms with E-state index in [4.69, 9.17) is 4.74 Å². The molecule has 0 aromatic carbocycles. The van der Waals surface area contributed by atoms with Crippen LogP contribution in [-0.4, -0.2) is 66.5 Å². The summed E-state index contributed by atoms with van der Waals surface area (Å²) in [5.41, 5.74) is -0.484. The molecule has 1 rings (SSSR count). The van der Waals surface area contributed by atoms with Crippen molar-refractivity contribution in [2.45, 2.75) is 78.0 Å². The highest BCUT2D eigenvalue weighted by Gasteiger charge is 2.22. The highest BCUT2D eigenvalue weighted by Crippen LogP contribution is 2.18. The van der Waals surface area contributed by atoms with Crippen LogP contribution < -0.4 is 10.6 Å². The topological polar surface area (TPSA) is 86.2 Å². The van der Waals surface area contributed by atoms with Crippen LogP contribution in [0.25, 0.3) is 0 Å². The minimum absolute atomic E-state index is 0.156. The fourth-order valence-corrected chi connectivity index (χ4v) is 2.92. The molecule has 26 heavy (non-hydrogen) atoms. The molecule has 0 aromatic rings. The average Bonchev–Trinajstić information content (AvgIpc) is 2.53. The fraction of sp³-hybridized carbons (Fsp3) is 0.895. The first kappa shape index (κ1) is 22.5. The molecule has 1 aliphatic carbocycles. The lowest BCUT2D eigenvalue weighted by Crippen LogP contribution is -2.45. The van der Waals surface area contributed by atoms with E-state index in [0.29, 0.717) is 19.1 Å². The largest absolute Gasteiger partial charge is 0.444 e. The predicted octanol–water partition coefficient (Wildman–Crippen LogP) is 2.35. The van der Waals surface area contributed by atoms with Crippen molar-refractivity contribution < 1.29 is 14.6 Å². The van der Waals surface area contributed by atoms with Crippen LogP contribution in [0.15, 0.2) is 4.99 Å². The first-order chi connectivity index (χ1) is 12.1. The van der Waals surface area contributed by atoms with Gasteiger partial charge in [-0.05, 0) is 59.3 Å². The van der Waals surface area contributed by atoms with Crippen molar-refractivity contribution in [3.05, 3.63) is 0 Å². The van der Waals surface area contributed by atoms with Gasteiger partial charge in [0.2, 0.25) is 0 Å². The number of aliphatic hydroxyl groups is 1. The quantitative estimate of drug-likeness (QED) is 0.493. The van der Waals surface area contributed by atoms with E-state index in [-0.39, 0.29) is 18.1 Å². The van der Waals surface area contributed by atoms with Gasteiger partial charge < -0.3 is 25.4 Å². The molecule has 0 radical (unpaired) electrons. The van der Waals surface area contributed by atoms with Crippen LogP contribution in [0.1, 0.15) is 60.3 Å². The Labute approximate surface area is 158 Å². The van der Waals surface area contributed by atoms with Crippen molar-refractivity contribution in [2.75, 3.05) is 26.7 Å². The SMILES string of the molecule is CCNC(=NCC(C)CN(C)C(=O)OC(C)(C)C)NC1CCC(O)CC1. The number of aliphatic hydroxyl groups excluding tert-OH is 1. The summed E-state index contributed by atoms with van der Waals surface area (Å²) in [7, 11) is 1.76. The predicted molar refractivity (Wildman–Crippen MR) is 105 cm³/mol. The summed E-state index contributed by atoms with van der Waals surface area (Å²) in [5, 5.41) is 16.4. The van der Waals surface area contributed by atoms with Crippen LogP contribution >= 0.6 is 0 Å². The van der Waals surface area contributed by atoms with E-state index >= 15 is 0 Å². The van der Waals surface area contributed by atoms with E-state index in [9.17, 15) is 9.90 Å². The number of rotatable bonds is 6. The molecule has 0 aromatic heterocycles. The van der Waals surface area contributed by atoms with Gasteiger partial charge in [0.15, 0.2) is 5.96 Å². The first-order valence-electron chi connectivity index (χ1n) is 9.77. The molecule has 7 heteroatoms. The number of hydrogen-bond acceptors (Lipinski definition) is 4. The normalized spacial score (nSPS) is 22.5. The second kappa shape index (κ2) is 10.6. The Morgan fingerprint density at radius 1 is 1.31 bits per heavy atom. The molecule has 0 aliphatic heterocycles. The van der Waals surface area contributed by atoms with E-state index < -0.39 is 5.60 Å². The number of nitrogens with one attached hydrogen (secondary N) is 2. The zero-order chi connectivity index (χ0) is 19.7. The monoisotopic (exact) mass is 370 g/mol. The van der Waals surface area contributed by atoms with Crippen molar-refractivity contribution >= 4 is 12.1 Å². The first-order valence-corrected chi connectivity index (χ1v) is 9.77. The minimum atomic E-state index is -0.484. The van der Waals surface area contributed by atoms with Crippen molar-refractivity contribution in [1.29, 1.82) is 0 Å². The van der Waals surface area contributed by atoms with Crippen LogP contribution in [0.4, 0.5) is 4.79 Å². The van der Waals surface area contributed by atoms with E-state index in [1.54, 1.807) is 11.9 Å². The standard InChI is InChI=1S/C19H38N4O3/c1-7-20-17(22-15-8-10-16(24)11-9-15)21-12-14(2)13-23(6)18(25)26-19(3,4)5/h14-16,24H,7-13H2,1-6H3,(H2,20,21,22). The summed E-state index contributed by atoms with van der Waals surface area (Å²) in [6.07, 6.45) is 3.14. The van der Waals surface area contributed by atoms with Gasteiger partial charge in [-0.3, -0.25) is 4.99 Å². The Bertz CT molecular complexity index is 454. The second-order valence-electron chi connectivity index (χ2n) is 8.34. The van der Waals surface area contributed by atoms with Crippen molar-refractivity contribution in [3.8, 4) is 0 Å². The number of aliphatic imine (C=N–C) groups is 1. The minimum Gasteiger partial charge on any atom is -0.444 e. The molecule has 0 spiro atoms. The van der Waals surface area contributed by atoms with Crippen LogP contribution in [0, 0.1) is 5.92 Å². The molecular formula is C19H38N4O3. The van der Waals surface area contributed by atoms with Crippen LogP contribution in [-0.2, 0) is 4.74 Å². The Hall–Kier alpha value is -1.50. The second-order valence-corrected chi connectivity index (χ2v) is 8.34. The highest BCUT2D eigenvalue weighted by atomic mass is 16.6. The molecule has 1 fully saturated rings. The van der Waals surface area contributed by atoms with Gasteiger partial charge in [0, 0.05) is 32.7 Å². The van der Waals surface area contributed by atoms with E-state index in [1.165, 1.54) is 0 Å². The van der Waals surface area contributed by atoms with Crippen LogP contribution in [0.2, 0.25) is 0 Å². The fourth-order valence-electron chi connectivity index (χ4n) is 2.92. The number of guanidine groups is 1. The third-order valence-corrected chi connectivity index (χ3v) is 4.23. The highest BCUT2D eigenvalue weighted by molar-refractivity contribution is 5.80. The summed E-state index contributed by atoms with van der Waals surface area (Å²) in [4.78, 5) is 18.3. The number of carbonyl (C=O) groups is 1. The summed E-state index contributed by atoms with van der Waals surface area (Å²) in [6, 6.07) is 0.357. The molecule has 3 N–H and O–H groups in total. The lowest BCUT2D eigenvalue weighted by Gasteiger charge is -2.28. The van der Waals surface area contributed by atoms with Crippen LogP contribution in [0.5, 0.6) is 0 Å². The molecular weight excluding hydrogens is 332 g/mol. The maximum Gasteiger partial charge on any atom is 0.410 e. The molecule has 1 atom stereocenters. The Morgan fingerprint density at radius 2 is 1.92 bits per heavy atom. The Morgan fingerprint density at radius 3 is 2.46 bits per heavy atom. The molecule has 7 nitrogen and oxygen atoms in total. The summed E-state index contributed by atoms with van der Waals surface area (Å²) in [5.74, 6) is 1.02. The van der Waals surface area contributed by atoms with Gasteiger partial charge in [0.1, 0.15) is 5.60 Å². The summed E-state index contributed by atoms with van der Waals surface area (Å²) in [6.45, 7) is 11.7. The molecule has 0 heterocycles. The van der Waals surface area contributed by atoms with E-state index in [1.807, 2.05) is 27.7 Å². The summed E-state index contributed by atoms with van der Waals surface area (Å²) >= 11 is 0. The zero-order valence-corrected chi connectivity index (χ0v) is 17.3. The maximum absolute atomic E-state index is 12.0. The lowest BCUT2D eigenvalue weighted by atomic mass is 9.93. The van der Waals surface area contributed by atoms with Gasteiger partial charge in [-0.15, -0.1) is 0 Å². The van der Waals surface area contributed by atoms with Crippen LogP contribution in [0.3, 0.4) is 0 Å². The molecule has 1 amide bonds. The van der Waals surface area contributed by atoms with Gasteiger partial charge in [-0.2, -0.15) is 0 Å². The molecule has 0 saturated heterocycles.